The average molecular weight is 511 g/mol. The average Bonchev–Trinajstić information content (AvgIpc) is 3.29. The summed E-state index contributed by atoms with van der Waals surface area (Å²) in [5, 5.41) is 5.49. The fourth-order valence-corrected chi connectivity index (χ4v) is 4.34. The maximum atomic E-state index is 13.5. The second-order valence-corrected chi connectivity index (χ2v) is 8.80. The van der Waals surface area contributed by atoms with Crippen LogP contribution >= 0.6 is 0 Å². The highest BCUT2D eigenvalue weighted by atomic mass is 16.2. The molecule has 8 N–H and O–H groups in total. The van der Waals surface area contributed by atoms with Crippen LogP contribution in [0.4, 0.5) is 0 Å². The Morgan fingerprint density at radius 1 is 1.06 bits per heavy atom. The molecular weight excluding hydrogens is 468 g/mol. The number of unbranched alkanes of at least 4 members (excludes halogenated alkanes) is 1. The third-order valence-electron chi connectivity index (χ3n) is 5.97. The summed E-state index contributed by atoms with van der Waals surface area (Å²) in [6, 6.07) is -2.70. The van der Waals surface area contributed by atoms with E-state index in [2.05, 4.69) is 15.6 Å². The van der Waals surface area contributed by atoms with Gasteiger partial charge >= 0.3 is 0 Å². The zero-order chi connectivity index (χ0) is 27.3. The highest BCUT2D eigenvalue weighted by Crippen LogP contribution is 2.20. The predicted octanol–water partition coefficient (Wildman–Crippen LogP) is -1.46. The van der Waals surface area contributed by atoms with E-state index in [1.165, 1.54) is 18.7 Å². The van der Waals surface area contributed by atoms with Crippen molar-refractivity contribution < 1.29 is 24.0 Å². The molecular formula is C23H42N8O5. The molecule has 0 unspecified atom stereocenters. The van der Waals surface area contributed by atoms with E-state index >= 15 is 0 Å². The first-order chi connectivity index (χ1) is 17.0. The number of nitrogens with two attached hydrogens (primary N) is 3. The highest BCUT2D eigenvalue weighted by molar-refractivity contribution is 6.00. The van der Waals surface area contributed by atoms with Crippen LogP contribution in [-0.4, -0.2) is 89.6 Å². The molecule has 0 aliphatic carbocycles. The zero-order valence-electron chi connectivity index (χ0n) is 21.6. The van der Waals surface area contributed by atoms with E-state index in [0.717, 1.165) is 4.90 Å². The van der Waals surface area contributed by atoms with E-state index in [4.69, 9.17) is 17.2 Å². The van der Waals surface area contributed by atoms with Crippen molar-refractivity contribution in [2.45, 2.75) is 83.8 Å². The number of amides is 5. The first-order valence-electron chi connectivity index (χ1n) is 12.5. The number of guanidine groups is 1. The van der Waals surface area contributed by atoms with Gasteiger partial charge in [-0.1, -0.05) is 0 Å². The van der Waals surface area contributed by atoms with E-state index in [9.17, 15) is 24.0 Å². The van der Waals surface area contributed by atoms with E-state index in [1.54, 1.807) is 6.92 Å². The summed E-state index contributed by atoms with van der Waals surface area (Å²) in [6.45, 7) is 5.69. The molecule has 13 heteroatoms. The van der Waals surface area contributed by atoms with Gasteiger partial charge < -0.3 is 32.7 Å². The van der Waals surface area contributed by atoms with Gasteiger partial charge in [0.15, 0.2) is 5.96 Å². The molecule has 3 atom stereocenters. The summed E-state index contributed by atoms with van der Waals surface area (Å²) in [5.74, 6) is -2.49. The monoisotopic (exact) mass is 510 g/mol. The largest absolute Gasteiger partial charge is 0.370 e. The van der Waals surface area contributed by atoms with Gasteiger partial charge in [0.2, 0.25) is 29.5 Å². The van der Waals surface area contributed by atoms with Gasteiger partial charge in [0.25, 0.3) is 0 Å². The van der Waals surface area contributed by atoms with Crippen molar-refractivity contribution in [2.24, 2.45) is 22.2 Å². The van der Waals surface area contributed by atoms with Gasteiger partial charge in [0, 0.05) is 33.5 Å². The second-order valence-electron chi connectivity index (χ2n) is 8.80. The maximum absolute atomic E-state index is 13.5. The summed E-state index contributed by atoms with van der Waals surface area (Å²) in [4.78, 5) is 70.1. The Morgan fingerprint density at radius 2 is 1.72 bits per heavy atom. The molecule has 1 saturated heterocycles. The molecule has 0 bridgehead atoms. The van der Waals surface area contributed by atoms with Crippen molar-refractivity contribution >= 4 is 35.5 Å². The fourth-order valence-electron chi connectivity index (χ4n) is 4.34. The molecule has 1 rings (SSSR count). The Hall–Kier alpha value is -3.22. The number of carbonyl (C=O) groups is 5. The number of nitrogens with zero attached hydrogens (tertiary/aromatic N) is 3. The molecule has 0 aromatic rings. The third-order valence-corrected chi connectivity index (χ3v) is 5.97. The molecule has 36 heavy (non-hydrogen) atoms. The smallest absolute Gasteiger partial charge is 0.245 e. The summed E-state index contributed by atoms with van der Waals surface area (Å²) >= 11 is 0. The van der Waals surface area contributed by atoms with Gasteiger partial charge in [-0.3, -0.25) is 33.9 Å². The molecule has 1 aliphatic heterocycles. The van der Waals surface area contributed by atoms with Gasteiger partial charge in [0.1, 0.15) is 18.1 Å². The molecule has 0 aromatic carbocycles. The summed E-state index contributed by atoms with van der Waals surface area (Å²) in [7, 11) is 0. The lowest BCUT2D eigenvalue weighted by molar-refractivity contribution is -0.151. The minimum absolute atomic E-state index is 0.0868. The number of likely N-dealkylation sites (tertiary alicyclic amines) is 1. The molecule has 1 fully saturated rings. The number of imide groups is 1. The Labute approximate surface area is 212 Å². The van der Waals surface area contributed by atoms with E-state index < -0.39 is 41.8 Å². The van der Waals surface area contributed by atoms with Gasteiger partial charge in [-0.25, -0.2) is 0 Å². The fraction of sp³-hybridized carbons (Fsp3) is 0.739. The van der Waals surface area contributed by atoms with Crippen LogP contribution in [0.3, 0.4) is 0 Å². The number of hydrogen-bond acceptors (Lipinski definition) is 7. The van der Waals surface area contributed by atoms with Gasteiger partial charge in [-0.2, -0.15) is 0 Å². The van der Waals surface area contributed by atoms with Gasteiger partial charge in [-0.15, -0.1) is 0 Å². The minimum atomic E-state index is -1.09. The standard InChI is InChI=1S/C23H42N8O5/c1-4-27-20(34)18-11-8-14-30(18)22(36)17(9-7-13-28-23(25)26)29-21(35)19(10-5-6-12-24)31(15(2)32)16(3)33/h17-19H,4-14,24H2,1-3H3,(H,27,34)(H,29,35)(H4,25,26,28)/t17-,18-,19-/m0/s1. The maximum Gasteiger partial charge on any atom is 0.245 e. The van der Waals surface area contributed by atoms with Gasteiger partial charge in [0.05, 0.1) is 0 Å². The van der Waals surface area contributed by atoms with Gasteiger partial charge in [-0.05, 0) is 58.4 Å². The lowest BCUT2D eigenvalue weighted by Gasteiger charge is -2.32. The van der Waals surface area contributed by atoms with Crippen LogP contribution in [0.2, 0.25) is 0 Å². The van der Waals surface area contributed by atoms with Crippen LogP contribution in [0.25, 0.3) is 0 Å². The minimum Gasteiger partial charge on any atom is -0.370 e. The van der Waals surface area contributed by atoms with Crippen LogP contribution < -0.4 is 27.8 Å². The highest BCUT2D eigenvalue weighted by Gasteiger charge is 2.39. The lowest BCUT2D eigenvalue weighted by atomic mass is 10.0. The van der Waals surface area contributed by atoms with Crippen LogP contribution in [0.5, 0.6) is 0 Å². The number of nitrogens with one attached hydrogen (secondary N) is 2. The van der Waals surface area contributed by atoms with Crippen molar-refractivity contribution in [1.82, 2.24) is 20.4 Å². The molecule has 1 aliphatic rings. The summed E-state index contributed by atoms with van der Waals surface area (Å²) in [5.41, 5.74) is 16.3. The Bertz CT molecular complexity index is 800. The van der Waals surface area contributed by atoms with E-state index in [1.807, 2.05) is 0 Å². The third kappa shape index (κ3) is 9.44. The Kier molecular flexibility index (Phi) is 13.4. The number of likely N-dealkylation sites (N-methyl/N-ethyl adjacent to an activating group) is 1. The number of rotatable bonds is 14. The molecule has 13 nitrogen and oxygen atoms in total. The van der Waals surface area contributed by atoms with Crippen molar-refractivity contribution in [2.75, 3.05) is 26.2 Å². The van der Waals surface area contributed by atoms with Crippen molar-refractivity contribution in [3.8, 4) is 0 Å². The molecule has 1 heterocycles. The van der Waals surface area contributed by atoms with Crippen LogP contribution in [0.1, 0.15) is 65.7 Å². The number of aliphatic imine (C=N–C) groups is 1. The number of hydrogen-bond donors (Lipinski definition) is 5. The van der Waals surface area contributed by atoms with Crippen LogP contribution in [0, 0.1) is 0 Å². The molecule has 5 amide bonds. The molecule has 0 aromatic heterocycles. The van der Waals surface area contributed by atoms with E-state index in [0.29, 0.717) is 51.7 Å². The van der Waals surface area contributed by atoms with E-state index in [-0.39, 0.29) is 31.3 Å². The second kappa shape index (κ2) is 15.7. The predicted molar refractivity (Wildman–Crippen MR) is 135 cm³/mol. The van der Waals surface area contributed by atoms with Crippen LogP contribution in [0.15, 0.2) is 4.99 Å². The Balaban J connectivity index is 3.17. The lowest BCUT2D eigenvalue weighted by Crippen LogP contribution is -2.57. The molecule has 0 saturated carbocycles. The number of carbonyl (C=O) groups excluding carboxylic acids is 5. The SMILES string of the molecule is CCNC(=O)[C@@H]1CCCN1C(=O)[C@H](CCCN=C(N)N)NC(=O)[C@H](CCCCN)N(C(C)=O)C(C)=O. The summed E-state index contributed by atoms with van der Waals surface area (Å²) in [6.07, 6.45) is 3.10. The molecule has 0 spiro atoms. The normalized spacial score (nSPS) is 16.6. The zero-order valence-corrected chi connectivity index (χ0v) is 21.6. The molecule has 0 radical (unpaired) electrons. The first kappa shape index (κ1) is 30.8. The Morgan fingerprint density at radius 3 is 2.28 bits per heavy atom. The molecule has 204 valence electrons. The quantitative estimate of drug-likeness (QED) is 0.106. The van der Waals surface area contributed by atoms with Crippen molar-refractivity contribution in [3.63, 3.8) is 0 Å². The topological polar surface area (TPSA) is 206 Å². The first-order valence-corrected chi connectivity index (χ1v) is 12.5. The van der Waals surface area contributed by atoms with Crippen LogP contribution in [-0.2, 0) is 24.0 Å². The summed E-state index contributed by atoms with van der Waals surface area (Å²) < 4.78 is 0. The van der Waals surface area contributed by atoms with Crippen molar-refractivity contribution in [1.29, 1.82) is 0 Å². The van der Waals surface area contributed by atoms with Crippen molar-refractivity contribution in [3.05, 3.63) is 0 Å².